The second-order valence-corrected chi connectivity index (χ2v) is 5.98. The highest BCUT2D eigenvalue weighted by atomic mass is 16.5. The van der Waals surface area contributed by atoms with Crippen molar-refractivity contribution in [2.24, 2.45) is 11.8 Å². The summed E-state index contributed by atoms with van der Waals surface area (Å²) in [7, 11) is 3.08. The van der Waals surface area contributed by atoms with Crippen LogP contribution >= 0.6 is 0 Å². The molecule has 0 radical (unpaired) electrons. The van der Waals surface area contributed by atoms with E-state index in [-0.39, 0.29) is 17.7 Å². The van der Waals surface area contributed by atoms with Crippen molar-refractivity contribution in [1.29, 1.82) is 0 Å². The highest BCUT2D eigenvalue weighted by molar-refractivity contribution is 5.96. The molecule has 1 N–H and O–H groups in total. The van der Waals surface area contributed by atoms with Crippen LogP contribution in [-0.4, -0.2) is 49.2 Å². The van der Waals surface area contributed by atoms with Crippen LogP contribution in [0.2, 0.25) is 0 Å². The number of hydrogen-bond donors (Lipinski definition) is 1. The Morgan fingerprint density at radius 2 is 1.83 bits per heavy atom. The second-order valence-electron chi connectivity index (χ2n) is 5.98. The standard InChI is InChI=1S/C17H23NO5/c1-10-7-14(22-3)15(23-4)8-13(10)16(19)18-6-5-12(17(20)21)11(2)9-18/h7-8,11-12H,5-6,9H2,1-4H3,(H,20,21). The number of carboxylic acid groups (broad SMARTS) is 1. The first-order valence-corrected chi connectivity index (χ1v) is 7.63. The molecule has 0 bridgehead atoms. The zero-order chi connectivity index (χ0) is 17.1. The summed E-state index contributed by atoms with van der Waals surface area (Å²) in [6.45, 7) is 4.62. The molecule has 2 unspecified atom stereocenters. The van der Waals surface area contributed by atoms with Crippen LogP contribution in [0.5, 0.6) is 11.5 Å². The van der Waals surface area contributed by atoms with Crippen LogP contribution in [0.25, 0.3) is 0 Å². The molecule has 1 saturated heterocycles. The normalized spacial score (nSPS) is 21.0. The number of carbonyl (C=O) groups is 2. The van der Waals surface area contributed by atoms with Crippen LogP contribution < -0.4 is 9.47 Å². The average Bonchev–Trinajstić information content (AvgIpc) is 2.53. The summed E-state index contributed by atoms with van der Waals surface area (Å²) in [5.74, 6) is -0.239. The molecule has 1 aliphatic rings. The van der Waals surface area contributed by atoms with Crippen molar-refractivity contribution in [2.75, 3.05) is 27.3 Å². The van der Waals surface area contributed by atoms with Gasteiger partial charge in [-0.05, 0) is 37.0 Å². The third-order valence-electron chi connectivity index (χ3n) is 4.47. The quantitative estimate of drug-likeness (QED) is 0.920. The molecule has 0 saturated carbocycles. The van der Waals surface area contributed by atoms with Crippen LogP contribution in [-0.2, 0) is 4.79 Å². The van der Waals surface area contributed by atoms with Crippen molar-refractivity contribution in [2.45, 2.75) is 20.3 Å². The minimum atomic E-state index is -0.785. The number of benzene rings is 1. The Hall–Kier alpha value is -2.24. The largest absolute Gasteiger partial charge is 0.493 e. The maximum Gasteiger partial charge on any atom is 0.306 e. The monoisotopic (exact) mass is 321 g/mol. The molecule has 1 aromatic carbocycles. The molecule has 2 rings (SSSR count). The van der Waals surface area contributed by atoms with Gasteiger partial charge >= 0.3 is 5.97 Å². The first-order valence-electron chi connectivity index (χ1n) is 7.63. The molecule has 126 valence electrons. The van der Waals surface area contributed by atoms with Crippen molar-refractivity contribution in [1.82, 2.24) is 4.90 Å². The first-order chi connectivity index (χ1) is 10.9. The van der Waals surface area contributed by atoms with Crippen molar-refractivity contribution in [3.05, 3.63) is 23.3 Å². The van der Waals surface area contributed by atoms with Gasteiger partial charge in [-0.3, -0.25) is 9.59 Å². The van der Waals surface area contributed by atoms with E-state index in [1.165, 1.54) is 7.11 Å². The SMILES string of the molecule is COc1cc(C)c(C(=O)N2CCC(C(=O)O)C(C)C2)cc1OC. The average molecular weight is 321 g/mol. The Morgan fingerprint density at radius 3 is 2.35 bits per heavy atom. The molecule has 0 spiro atoms. The number of amides is 1. The summed E-state index contributed by atoms with van der Waals surface area (Å²) < 4.78 is 10.5. The van der Waals surface area contributed by atoms with Crippen LogP contribution in [0.1, 0.15) is 29.3 Å². The fourth-order valence-electron chi connectivity index (χ4n) is 3.08. The van der Waals surface area contributed by atoms with Crippen molar-refractivity contribution in [3.8, 4) is 11.5 Å². The van der Waals surface area contributed by atoms with E-state index in [4.69, 9.17) is 9.47 Å². The number of likely N-dealkylation sites (tertiary alicyclic amines) is 1. The molecule has 6 heteroatoms. The maximum atomic E-state index is 12.8. The summed E-state index contributed by atoms with van der Waals surface area (Å²) in [5.41, 5.74) is 1.37. The lowest BCUT2D eigenvalue weighted by Crippen LogP contribution is -2.45. The summed E-state index contributed by atoms with van der Waals surface area (Å²) >= 11 is 0. The van der Waals surface area contributed by atoms with Crippen molar-refractivity contribution < 1.29 is 24.2 Å². The third kappa shape index (κ3) is 3.41. The third-order valence-corrected chi connectivity index (χ3v) is 4.47. The molecule has 1 heterocycles. The highest BCUT2D eigenvalue weighted by Crippen LogP contribution is 2.32. The van der Waals surface area contributed by atoms with Gasteiger partial charge in [-0.25, -0.2) is 0 Å². The van der Waals surface area contributed by atoms with E-state index >= 15 is 0 Å². The van der Waals surface area contributed by atoms with Gasteiger partial charge in [-0.1, -0.05) is 6.92 Å². The number of aryl methyl sites for hydroxylation is 1. The van der Waals surface area contributed by atoms with Gasteiger partial charge < -0.3 is 19.5 Å². The van der Waals surface area contributed by atoms with E-state index in [0.717, 1.165) is 5.56 Å². The topological polar surface area (TPSA) is 76.1 Å². The Bertz CT molecular complexity index is 613. The number of hydrogen-bond acceptors (Lipinski definition) is 4. The van der Waals surface area contributed by atoms with Gasteiger partial charge in [0, 0.05) is 18.7 Å². The Morgan fingerprint density at radius 1 is 1.22 bits per heavy atom. The Labute approximate surface area is 136 Å². The summed E-state index contributed by atoms with van der Waals surface area (Å²) in [6, 6.07) is 3.46. The van der Waals surface area contributed by atoms with E-state index in [1.54, 1.807) is 24.1 Å². The van der Waals surface area contributed by atoms with Gasteiger partial charge in [0.05, 0.1) is 20.1 Å². The van der Waals surface area contributed by atoms with Gasteiger partial charge in [0.2, 0.25) is 0 Å². The Balaban J connectivity index is 2.23. The van der Waals surface area contributed by atoms with E-state index < -0.39 is 5.97 Å². The summed E-state index contributed by atoms with van der Waals surface area (Å²) in [4.78, 5) is 25.7. The van der Waals surface area contributed by atoms with Crippen LogP contribution in [0.3, 0.4) is 0 Å². The number of carbonyl (C=O) groups excluding carboxylic acids is 1. The zero-order valence-electron chi connectivity index (χ0n) is 14.0. The number of rotatable bonds is 4. The lowest BCUT2D eigenvalue weighted by atomic mass is 9.86. The highest BCUT2D eigenvalue weighted by Gasteiger charge is 2.33. The number of nitrogens with zero attached hydrogens (tertiary/aromatic N) is 1. The Kier molecular flexibility index (Phi) is 5.13. The minimum Gasteiger partial charge on any atom is -0.493 e. The van der Waals surface area contributed by atoms with Gasteiger partial charge in [-0.2, -0.15) is 0 Å². The molecular weight excluding hydrogens is 298 g/mol. The van der Waals surface area contributed by atoms with Crippen molar-refractivity contribution in [3.63, 3.8) is 0 Å². The molecule has 1 fully saturated rings. The minimum absolute atomic E-state index is 0.0642. The van der Waals surface area contributed by atoms with Gasteiger partial charge in [0.25, 0.3) is 5.91 Å². The van der Waals surface area contributed by atoms with Crippen LogP contribution in [0.4, 0.5) is 0 Å². The van der Waals surface area contributed by atoms with E-state index in [2.05, 4.69) is 0 Å². The fraction of sp³-hybridized carbons (Fsp3) is 0.529. The van der Waals surface area contributed by atoms with Crippen LogP contribution in [0, 0.1) is 18.8 Å². The van der Waals surface area contributed by atoms with Gasteiger partial charge in [-0.15, -0.1) is 0 Å². The molecule has 1 aliphatic heterocycles. The number of ether oxygens (including phenoxy) is 2. The van der Waals surface area contributed by atoms with Crippen molar-refractivity contribution >= 4 is 11.9 Å². The van der Waals surface area contributed by atoms with Gasteiger partial charge in [0.1, 0.15) is 0 Å². The molecule has 1 amide bonds. The number of carboxylic acids is 1. The summed E-state index contributed by atoms with van der Waals surface area (Å²) in [6.07, 6.45) is 0.481. The molecule has 0 aliphatic carbocycles. The molecule has 0 aromatic heterocycles. The molecular formula is C17H23NO5. The van der Waals surface area contributed by atoms with E-state index in [0.29, 0.717) is 36.6 Å². The van der Waals surface area contributed by atoms with E-state index in [1.807, 2.05) is 13.8 Å². The predicted molar refractivity (Wildman–Crippen MR) is 85.1 cm³/mol. The van der Waals surface area contributed by atoms with Gasteiger partial charge in [0.15, 0.2) is 11.5 Å². The van der Waals surface area contributed by atoms with E-state index in [9.17, 15) is 14.7 Å². The zero-order valence-corrected chi connectivity index (χ0v) is 14.0. The number of methoxy groups -OCH3 is 2. The van der Waals surface area contributed by atoms with Crippen LogP contribution in [0.15, 0.2) is 12.1 Å². The second kappa shape index (κ2) is 6.89. The molecule has 23 heavy (non-hydrogen) atoms. The predicted octanol–water partition coefficient (Wildman–Crippen LogP) is 2.20. The smallest absolute Gasteiger partial charge is 0.306 e. The molecule has 6 nitrogen and oxygen atoms in total. The number of aliphatic carboxylic acids is 1. The number of piperidine rings is 1. The summed E-state index contributed by atoms with van der Waals surface area (Å²) in [5, 5.41) is 9.19. The molecule has 1 aromatic rings. The maximum absolute atomic E-state index is 12.8. The lowest BCUT2D eigenvalue weighted by Gasteiger charge is -2.35. The fourth-order valence-corrected chi connectivity index (χ4v) is 3.08. The first kappa shape index (κ1) is 17.1. The lowest BCUT2D eigenvalue weighted by molar-refractivity contribution is -0.145. The molecule has 2 atom stereocenters.